The maximum Gasteiger partial charge on any atom is 0.0545 e. The van der Waals surface area contributed by atoms with Crippen LogP contribution in [0.1, 0.15) is 29.9 Å². The second-order valence-corrected chi connectivity index (χ2v) is 5.48. The van der Waals surface area contributed by atoms with Gasteiger partial charge in [-0.25, -0.2) is 0 Å². The Kier molecular flexibility index (Phi) is 3.98. The highest BCUT2D eigenvalue weighted by Gasteiger charge is 2.06. The Balaban J connectivity index is 1.73. The van der Waals surface area contributed by atoms with Crippen LogP contribution in [-0.2, 0) is 6.54 Å². The van der Waals surface area contributed by atoms with Gasteiger partial charge in [0.25, 0.3) is 0 Å². The van der Waals surface area contributed by atoms with E-state index in [0.717, 1.165) is 17.9 Å². The van der Waals surface area contributed by atoms with Gasteiger partial charge in [-0.15, -0.1) is 0 Å². The molecule has 3 aromatic rings. The molecular formula is C19H20N2. The van der Waals surface area contributed by atoms with Gasteiger partial charge in [-0.2, -0.15) is 0 Å². The van der Waals surface area contributed by atoms with Gasteiger partial charge in [-0.3, -0.25) is 4.98 Å². The van der Waals surface area contributed by atoms with Gasteiger partial charge < -0.3 is 5.32 Å². The topological polar surface area (TPSA) is 24.9 Å². The van der Waals surface area contributed by atoms with E-state index in [1.807, 2.05) is 13.0 Å². The lowest BCUT2D eigenvalue weighted by Gasteiger charge is -2.15. The van der Waals surface area contributed by atoms with Gasteiger partial charge in [-0.05, 0) is 48.4 Å². The molecule has 0 bridgehead atoms. The lowest BCUT2D eigenvalue weighted by molar-refractivity contribution is 0.567. The van der Waals surface area contributed by atoms with E-state index in [0.29, 0.717) is 6.04 Å². The molecule has 2 heteroatoms. The SMILES string of the molecule is Cc1cccc(CNC(C)c2ccc3ccccc3c2)n1. The zero-order valence-electron chi connectivity index (χ0n) is 12.5. The first kappa shape index (κ1) is 13.8. The van der Waals surface area contributed by atoms with Crippen LogP contribution < -0.4 is 5.32 Å². The number of rotatable bonds is 4. The number of aryl methyl sites for hydroxylation is 1. The standard InChI is InChI=1S/C19H20N2/c1-14-6-5-9-19(21-14)13-20-15(2)17-11-10-16-7-3-4-8-18(16)12-17/h3-12,15,20H,13H2,1-2H3. The molecule has 21 heavy (non-hydrogen) atoms. The molecule has 2 nitrogen and oxygen atoms in total. The normalized spacial score (nSPS) is 12.5. The fourth-order valence-electron chi connectivity index (χ4n) is 2.55. The quantitative estimate of drug-likeness (QED) is 0.764. The zero-order chi connectivity index (χ0) is 14.7. The van der Waals surface area contributed by atoms with Crippen LogP contribution in [0.5, 0.6) is 0 Å². The second kappa shape index (κ2) is 6.06. The Morgan fingerprint density at radius 2 is 1.76 bits per heavy atom. The Morgan fingerprint density at radius 1 is 0.952 bits per heavy atom. The summed E-state index contributed by atoms with van der Waals surface area (Å²) in [5, 5.41) is 6.12. The van der Waals surface area contributed by atoms with Gasteiger partial charge in [0.05, 0.1) is 5.69 Å². The summed E-state index contributed by atoms with van der Waals surface area (Å²) in [6.07, 6.45) is 0. The third-order valence-electron chi connectivity index (χ3n) is 3.81. The van der Waals surface area contributed by atoms with Crippen molar-refractivity contribution in [3.63, 3.8) is 0 Å². The van der Waals surface area contributed by atoms with Crippen LogP contribution in [0, 0.1) is 6.92 Å². The molecule has 0 aliphatic carbocycles. The predicted octanol–water partition coefficient (Wildman–Crippen LogP) is 4.39. The fraction of sp³-hybridized carbons (Fsp3) is 0.211. The molecule has 3 rings (SSSR count). The summed E-state index contributed by atoms with van der Waals surface area (Å²) in [6.45, 7) is 5.01. The predicted molar refractivity (Wildman–Crippen MR) is 88.2 cm³/mol. The summed E-state index contributed by atoms with van der Waals surface area (Å²) in [7, 11) is 0. The molecule has 0 aliphatic heterocycles. The van der Waals surface area contributed by atoms with Gasteiger partial charge in [0, 0.05) is 18.3 Å². The van der Waals surface area contributed by atoms with Gasteiger partial charge in [0.1, 0.15) is 0 Å². The third-order valence-corrected chi connectivity index (χ3v) is 3.81. The highest BCUT2D eigenvalue weighted by molar-refractivity contribution is 5.83. The first-order valence-electron chi connectivity index (χ1n) is 7.37. The Bertz CT molecular complexity index is 749. The smallest absolute Gasteiger partial charge is 0.0545 e. The van der Waals surface area contributed by atoms with E-state index in [-0.39, 0.29) is 0 Å². The summed E-state index contributed by atoms with van der Waals surface area (Å²) >= 11 is 0. The fourth-order valence-corrected chi connectivity index (χ4v) is 2.55. The van der Waals surface area contributed by atoms with E-state index < -0.39 is 0 Å². The maximum atomic E-state index is 4.53. The molecule has 2 aromatic carbocycles. The van der Waals surface area contributed by atoms with E-state index >= 15 is 0 Å². The van der Waals surface area contributed by atoms with Gasteiger partial charge >= 0.3 is 0 Å². The molecule has 0 radical (unpaired) electrons. The minimum atomic E-state index is 0.303. The molecule has 0 aliphatic rings. The monoisotopic (exact) mass is 276 g/mol. The molecule has 1 aromatic heterocycles. The van der Waals surface area contributed by atoms with Crippen molar-refractivity contribution in [1.82, 2.24) is 10.3 Å². The molecule has 0 spiro atoms. The number of hydrogen-bond donors (Lipinski definition) is 1. The highest BCUT2D eigenvalue weighted by atomic mass is 14.9. The van der Waals surface area contributed by atoms with Gasteiger partial charge in [0.2, 0.25) is 0 Å². The third kappa shape index (κ3) is 3.29. The molecular weight excluding hydrogens is 256 g/mol. The van der Waals surface area contributed by atoms with E-state index in [1.165, 1.54) is 16.3 Å². The molecule has 0 fully saturated rings. The first-order chi connectivity index (χ1) is 10.2. The summed E-state index contributed by atoms with van der Waals surface area (Å²) in [5.41, 5.74) is 3.46. The Morgan fingerprint density at radius 3 is 2.57 bits per heavy atom. The average Bonchev–Trinajstić information content (AvgIpc) is 2.52. The van der Waals surface area contributed by atoms with Crippen LogP contribution in [0.3, 0.4) is 0 Å². The van der Waals surface area contributed by atoms with Crippen LogP contribution in [0.4, 0.5) is 0 Å². The molecule has 1 unspecified atom stereocenters. The number of benzene rings is 2. The maximum absolute atomic E-state index is 4.53. The molecule has 0 saturated heterocycles. The van der Waals surface area contributed by atoms with Crippen LogP contribution in [0.2, 0.25) is 0 Å². The Labute approximate surface area is 125 Å². The van der Waals surface area contributed by atoms with Crippen molar-refractivity contribution in [1.29, 1.82) is 0 Å². The molecule has 1 N–H and O–H groups in total. The lowest BCUT2D eigenvalue weighted by atomic mass is 10.0. The number of nitrogens with zero attached hydrogens (tertiary/aromatic N) is 1. The molecule has 0 amide bonds. The number of pyridine rings is 1. The molecule has 0 saturated carbocycles. The largest absolute Gasteiger partial charge is 0.305 e. The van der Waals surface area contributed by atoms with Crippen molar-refractivity contribution in [2.45, 2.75) is 26.4 Å². The number of nitrogens with one attached hydrogen (secondary N) is 1. The van der Waals surface area contributed by atoms with Crippen LogP contribution in [0.15, 0.2) is 60.7 Å². The lowest BCUT2D eigenvalue weighted by Crippen LogP contribution is -2.18. The highest BCUT2D eigenvalue weighted by Crippen LogP contribution is 2.20. The van der Waals surface area contributed by atoms with E-state index in [4.69, 9.17) is 0 Å². The molecule has 1 heterocycles. The van der Waals surface area contributed by atoms with Gasteiger partial charge in [-0.1, -0.05) is 42.5 Å². The van der Waals surface area contributed by atoms with Crippen LogP contribution in [0.25, 0.3) is 10.8 Å². The second-order valence-electron chi connectivity index (χ2n) is 5.48. The van der Waals surface area contributed by atoms with Crippen molar-refractivity contribution >= 4 is 10.8 Å². The van der Waals surface area contributed by atoms with Crippen molar-refractivity contribution in [2.24, 2.45) is 0 Å². The molecule has 106 valence electrons. The van der Waals surface area contributed by atoms with E-state index in [2.05, 4.69) is 71.8 Å². The van der Waals surface area contributed by atoms with Crippen molar-refractivity contribution in [2.75, 3.05) is 0 Å². The first-order valence-corrected chi connectivity index (χ1v) is 7.37. The van der Waals surface area contributed by atoms with Gasteiger partial charge in [0.15, 0.2) is 0 Å². The minimum Gasteiger partial charge on any atom is -0.305 e. The molecule has 1 atom stereocenters. The number of aromatic nitrogens is 1. The number of hydrogen-bond acceptors (Lipinski definition) is 2. The Hall–Kier alpha value is -2.19. The summed E-state index contributed by atoms with van der Waals surface area (Å²) in [4.78, 5) is 4.53. The van der Waals surface area contributed by atoms with Crippen LogP contribution in [-0.4, -0.2) is 4.98 Å². The van der Waals surface area contributed by atoms with Crippen molar-refractivity contribution < 1.29 is 0 Å². The summed E-state index contributed by atoms with van der Waals surface area (Å²) in [6, 6.07) is 21.6. The minimum absolute atomic E-state index is 0.303. The van der Waals surface area contributed by atoms with E-state index in [9.17, 15) is 0 Å². The summed E-state index contributed by atoms with van der Waals surface area (Å²) < 4.78 is 0. The average molecular weight is 276 g/mol. The zero-order valence-corrected chi connectivity index (χ0v) is 12.5. The van der Waals surface area contributed by atoms with Crippen molar-refractivity contribution in [3.05, 3.63) is 77.6 Å². The summed E-state index contributed by atoms with van der Waals surface area (Å²) in [5.74, 6) is 0. The number of fused-ring (bicyclic) bond motifs is 1. The van der Waals surface area contributed by atoms with E-state index in [1.54, 1.807) is 0 Å². The van der Waals surface area contributed by atoms with Crippen molar-refractivity contribution in [3.8, 4) is 0 Å². The van der Waals surface area contributed by atoms with Crippen LogP contribution >= 0.6 is 0 Å².